The summed E-state index contributed by atoms with van der Waals surface area (Å²) in [5.41, 5.74) is 0.129. The van der Waals surface area contributed by atoms with E-state index < -0.39 is 10.0 Å². The van der Waals surface area contributed by atoms with Crippen molar-refractivity contribution in [2.75, 3.05) is 33.9 Å². The van der Waals surface area contributed by atoms with Gasteiger partial charge in [0.15, 0.2) is 0 Å². The minimum atomic E-state index is -3.42. The van der Waals surface area contributed by atoms with E-state index in [0.717, 1.165) is 32.3 Å². The molecule has 0 bridgehead atoms. The maximum atomic E-state index is 12.7. The van der Waals surface area contributed by atoms with Crippen LogP contribution < -0.4 is 0 Å². The van der Waals surface area contributed by atoms with Gasteiger partial charge in [0.05, 0.1) is 6.61 Å². The van der Waals surface area contributed by atoms with Crippen molar-refractivity contribution in [2.45, 2.75) is 42.2 Å². The monoisotopic (exact) mass is 339 g/mol. The molecule has 2 saturated heterocycles. The number of ether oxygens (including phenoxy) is 1. The third-order valence-electron chi connectivity index (χ3n) is 5.52. The van der Waals surface area contributed by atoms with E-state index in [9.17, 15) is 8.42 Å². The van der Waals surface area contributed by atoms with E-state index in [2.05, 4.69) is 16.9 Å². The molecular weight excluding hydrogens is 314 g/mol. The van der Waals surface area contributed by atoms with Crippen LogP contribution in [0.15, 0.2) is 29.4 Å². The highest BCUT2D eigenvalue weighted by Crippen LogP contribution is 2.41. The van der Waals surface area contributed by atoms with Crippen molar-refractivity contribution in [3.05, 3.63) is 24.5 Å². The van der Waals surface area contributed by atoms with E-state index in [1.54, 1.807) is 29.7 Å². The van der Waals surface area contributed by atoms with Gasteiger partial charge in [-0.05, 0) is 44.9 Å². The van der Waals surface area contributed by atoms with E-state index in [-0.39, 0.29) is 10.4 Å². The minimum Gasteiger partial charge on any atom is -0.383 e. The lowest BCUT2D eigenvalue weighted by molar-refractivity contribution is 0.0454. The van der Waals surface area contributed by atoms with Gasteiger partial charge < -0.3 is 4.74 Å². The molecule has 1 aromatic rings. The van der Waals surface area contributed by atoms with Crippen LogP contribution in [0.25, 0.3) is 0 Å². The van der Waals surface area contributed by atoms with Crippen LogP contribution in [0.1, 0.15) is 25.7 Å². The Kier molecular flexibility index (Phi) is 4.73. The Hall–Kier alpha value is -1.02. The van der Waals surface area contributed by atoms with Crippen LogP contribution in [0.2, 0.25) is 0 Å². The average Bonchev–Trinajstić information content (AvgIpc) is 2.86. The molecular formula is C16H25N3O3S. The number of aromatic nitrogens is 1. The van der Waals surface area contributed by atoms with Gasteiger partial charge in [-0.25, -0.2) is 8.42 Å². The Bertz CT molecular complexity index is 627. The quantitative estimate of drug-likeness (QED) is 0.828. The summed E-state index contributed by atoms with van der Waals surface area (Å²) in [4.78, 5) is 6.64. The highest BCUT2D eigenvalue weighted by molar-refractivity contribution is 7.89. The molecule has 1 spiro atoms. The number of hydrogen-bond donors (Lipinski definition) is 0. The summed E-state index contributed by atoms with van der Waals surface area (Å²) in [6.45, 7) is 1.89. The molecule has 3 rings (SSSR count). The van der Waals surface area contributed by atoms with Crippen LogP contribution in [0.5, 0.6) is 0 Å². The Morgan fingerprint density at radius 3 is 2.70 bits per heavy atom. The van der Waals surface area contributed by atoms with Gasteiger partial charge in [0.1, 0.15) is 4.90 Å². The number of rotatable bonds is 4. The van der Waals surface area contributed by atoms with Gasteiger partial charge in [0, 0.05) is 44.2 Å². The van der Waals surface area contributed by atoms with E-state index >= 15 is 0 Å². The molecule has 3 heterocycles. The standard InChI is InChI=1S/C16H25N3O3S/c1-18-14(13-22-2)5-6-16(18)7-10-19(11-8-16)23(20,21)15-4-3-9-17-12-15/h3-4,9,12,14H,5-8,10-11,13H2,1-2H3/t14-/m1/s1. The van der Waals surface area contributed by atoms with Crippen molar-refractivity contribution in [1.29, 1.82) is 0 Å². The molecule has 1 aromatic heterocycles. The maximum absolute atomic E-state index is 12.7. The lowest BCUT2D eigenvalue weighted by Gasteiger charge is -2.44. The average molecular weight is 339 g/mol. The lowest BCUT2D eigenvalue weighted by atomic mass is 9.86. The number of hydrogen-bond acceptors (Lipinski definition) is 5. The first-order valence-corrected chi connectivity index (χ1v) is 9.56. The first-order valence-electron chi connectivity index (χ1n) is 8.12. The molecule has 2 aliphatic heterocycles. The van der Waals surface area contributed by atoms with Crippen LogP contribution in [-0.2, 0) is 14.8 Å². The molecule has 0 saturated carbocycles. The summed E-state index contributed by atoms with van der Waals surface area (Å²) >= 11 is 0. The molecule has 2 fully saturated rings. The zero-order chi connectivity index (χ0) is 16.5. The van der Waals surface area contributed by atoms with Crippen LogP contribution in [-0.4, -0.2) is 68.0 Å². The third-order valence-corrected chi connectivity index (χ3v) is 7.41. The molecule has 23 heavy (non-hydrogen) atoms. The second-order valence-electron chi connectivity index (χ2n) is 6.58. The number of methoxy groups -OCH3 is 1. The second kappa shape index (κ2) is 6.47. The molecule has 2 aliphatic rings. The molecule has 0 N–H and O–H groups in total. The molecule has 1 atom stereocenters. The lowest BCUT2D eigenvalue weighted by Crippen LogP contribution is -2.53. The maximum Gasteiger partial charge on any atom is 0.244 e. The summed E-state index contributed by atoms with van der Waals surface area (Å²) in [5.74, 6) is 0. The smallest absolute Gasteiger partial charge is 0.244 e. The summed E-state index contributed by atoms with van der Waals surface area (Å²) in [5, 5.41) is 0. The summed E-state index contributed by atoms with van der Waals surface area (Å²) < 4.78 is 32.3. The predicted molar refractivity (Wildman–Crippen MR) is 87.6 cm³/mol. The van der Waals surface area contributed by atoms with Crippen molar-refractivity contribution in [2.24, 2.45) is 0 Å². The van der Waals surface area contributed by atoms with E-state index in [1.165, 1.54) is 6.20 Å². The Balaban J connectivity index is 1.70. The highest BCUT2D eigenvalue weighted by Gasteiger charge is 2.47. The van der Waals surface area contributed by atoms with Gasteiger partial charge in [0.25, 0.3) is 0 Å². The zero-order valence-electron chi connectivity index (χ0n) is 13.8. The van der Waals surface area contributed by atoms with Gasteiger partial charge in [-0.1, -0.05) is 0 Å². The number of pyridine rings is 1. The van der Waals surface area contributed by atoms with Gasteiger partial charge in [-0.15, -0.1) is 0 Å². The highest BCUT2D eigenvalue weighted by atomic mass is 32.2. The van der Waals surface area contributed by atoms with Crippen molar-refractivity contribution in [1.82, 2.24) is 14.2 Å². The number of piperidine rings is 1. The fraction of sp³-hybridized carbons (Fsp3) is 0.688. The van der Waals surface area contributed by atoms with E-state index in [1.807, 2.05) is 0 Å². The summed E-state index contributed by atoms with van der Waals surface area (Å²) in [7, 11) is 0.471. The molecule has 0 aromatic carbocycles. The van der Waals surface area contributed by atoms with Gasteiger partial charge in [-0.2, -0.15) is 4.31 Å². The van der Waals surface area contributed by atoms with Crippen LogP contribution in [0.3, 0.4) is 0 Å². The summed E-state index contributed by atoms with van der Waals surface area (Å²) in [6, 6.07) is 3.73. The minimum absolute atomic E-state index is 0.129. The number of likely N-dealkylation sites (tertiary alicyclic amines) is 1. The molecule has 128 valence electrons. The molecule has 7 heteroatoms. The SMILES string of the molecule is COC[C@H]1CCC2(CCN(S(=O)(=O)c3cccnc3)CC2)N1C. The van der Waals surface area contributed by atoms with Crippen molar-refractivity contribution < 1.29 is 13.2 Å². The van der Waals surface area contributed by atoms with Crippen LogP contribution in [0, 0.1) is 0 Å². The van der Waals surface area contributed by atoms with Crippen molar-refractivity contribution in [3.63, 3.8) is 0 Å². The summed E-state index contributed by atoms with van der Waals surface area (Å²) in [6.07, 6.45) is 7.02. The largest absolute Gasteiger partial charge is 0.383 e. The number of sulfonamides is 1. The third kappa shape index (κ3) is 3.03. The topological polar surface area (TPSA) is 62.7 Å². The van der Waals surface area contributed by atoms with Crippen molar-refractivity contribution >= 4 is 10.0 Å². The van der Waals surface area contributed by atoms with Crippen LogP contribution in [0.4, 0.5) is 0 Å². The van der Waals surface area contributed by atoms with E-state index in [4.69, 9.17) is 4.74 Å². The van der Waals surface area contributed by atoms with Crippen LogP contribution >= 0.6 is 0 Å². The fourth-order valence-corrected chi connectivity index (χ4v) is 5.38. The molecule has 0 aliphatic carbocycles. The number of nitrogens with zero attached hydrogens (tertiary/aromatic N) is 3. The number of likely N-dealkylation sites (N-methyl/N-ethyl adjacent to an activating group) is 1. The van der Waals surface area contributed by atoms with Crippen molar-refractivity contribution in [3.8, 4) is 0 Å². The van der Waals surface area contributed by atoms with Gasteiger partial charge in [-0.3, -0.25) is 9.88 Å². The zero-order valence-corrected chi connectivity index (χ0v) is 14.6. The molecule has 0 unspecified atom stereocenters. The van der Waals surface area contributed by atoms with Gasteiger partial charge >= 0.3 is 0 Å². The van der Waals surface area contributed by atoms with Gasteiger partial charge in [0.2, 0.25) is 10.0 Å². The molecule has 6 nitrogen and oxygen atoms in total. The Morgan fingerprint density at radius 2 is 2.09 bits per heavy atom. The molecule has 0 amide bonds. The first kappa shape index (κ1) is 16.8. The normalized spacial score (nSPS) is 25.9. The predicted octanol–water partition coefficient (Wildman–Crippen LogP) is 1.35. The fourth-order valence-electron chi connectivity index (χ4n) is 3.97. The van der Waals surface area contributed by atoms with E-state index in [0.29, 0.717) is 19.1 Å². The first-order chi connectivity index (χ1) is 11.0. The molecule has 0 radical (unpaired) electrons. The Morgan fingerprint density at radius 1 is 1.35 bits per heavy atom. The second-order valence-corrected chi connectivity index (χ2v) is 8.51. The Labute approximate surface area is 138 Å².